The number of alkyl halides is 1. The van der Waals surface area contributed by atoms with Crippen LogP contribution in [0.3, 0.4) is 0 Å². The summed E-state index contributed by atoms with van der Waals surface area (Å²) in [5.41, 5.74) is 0. The Morgan fingerprint density at radius 3 is 2.12 bits per heavy atom. The van der Waals surface area contributed by atoms with Gasteiger partial charge in [0.25, 0.3) is 0 Å². The maximum atomic E-state index is 5.57. The summed E-state index contributed by atoms with van der Waals surface area (Å²) in [5, 5.41) is 0. The third-order valence-electron chi connectivity index (χ3n) is 2.01. The highest BCUT2D eigenvalue weighted by molar-refractivity contribution is 6.17. The molecule has 0 aliphatic heterocycles. The molecule has 0 atom stereocenters. The van der Waals surface area contributed by atoms with Crippen molar-refractivity contribution in [2.45, 2.75) is 25.7 Å². The summed E-state index contributed by atoms with van der Waals surface area (Å²) in [6, 6.07) is 0. The van der Waals surface area contributed by atoms with Gasteiger partial charge in [0.15, 0.2) is 0 Å². The van der Waals surface area contributed by atoms with E-state index in [9.17, 15) is 0 Å². The van der Waals surface area contributed by atoms with Gasteiger partial charge in [-0.25, -0.2) is 0 Å². The van der Waals surface area contributed by atoms with Gasteiger partial charge in [-0.3, -0.25) is 0 Å². The second-order valence-corrected chi connectivity index (χ2v) is 3.74. The molecule has 0 radical (unpaired) electrons. The molecule has 16 heavy (non-hydrogen) atoms. The van der Waals surface area contributed by atoms with Gasteiger partial charge >= 0.3 is 0 Å². The Hall–Kier alpha value is -0.250. The molecule has 0 aromatic carbocycles. The Kier molecular flexibility index (Phi) is 14.5. The Morgan fingerprint density at radius 2 is 1.44 bits per heavy atom. The SMILES string of the molecule is C=COCCOCCOCCCCCCCl. The van der Waals surface area contributed by atoms with Crippen molar-refractivity contribution in [3.8, 4) is 0 Å². The molecule has 96 valence electrons. The second kappa shape index (κ2) is 14.8. The number of halogens is 1. The summed E-state index contributed by atoms with van der Waals surface area (Å²) in [7, 11) is 0. The van der Waals surface area contributed by atoms with Gasteiger partial charge in [-0.2, -0.15) is 0 Å². The molecule has 3 nitrogen and oxygen atoms in total. The Balaban J connectivity index is 2.85. The van der Waals surface area contributed by atoms with E-state index >= 15 is 0 Å². The van der Waals surface area contributed by atoms with Gasteiger partial charge in [-0.1, -0.05) is 19.4 Å². The van der Waals surface area contributed by atoms with Gasteiger partial charge in [0, 0.05) is 12.5 Å². The second-order valence-electron chi connectivity index (χ2n) is 3.37. The van der Waals surface area contributed by atoms with Gasteiger partial charge in [0.05, 0.1) is 26.1 Å². The lowest BCUT2D eigenvalue weighted by molar-refractivity contribution is 0.0297. The smallest absolute Gasteiger partial charge is 0.111 e. The summed E-state index contributed by atoms with van der Waals surface area (Å²) < 4.78 is 15.6. The van der Waals surface area contributed by atoms with Crippen LogP contribution in [-0.2, 0) is 14.2 Å². The number of hydrogen-bond acceptors (Lipinski definition) is 3. The first-order valence-corrected chi connectivity index (χ1v) is 6.39. The number of rotatable bonds is 13. The van der Waals surface area contributed by atoms with Crippen molar-refractivity contribution in [3.63, 3.8) is 0 Å². The highest BCUT2D eigenvalue weighted by Gasteiger charge is 1.91. The molecule has 4 heteroatoms. The van der Waals surface area contributed by atoms with E-state index in [0.29, 0.717) is 26.4 Å². The topological polar surface area (TPSA) is 27.7 Å². The van der Waals surface area contributed by atoms with Crippen molar-refractivity contribution in [2.24, 2.45) is 0 Å². The minimum absolute atomic E-state index is 0.557. The van der Waals surface area contributed by atoms with Gasteiger partial charge in [-0.15, -0.1) is 11.6 Å². The van der Waals surface area contributed by atoms with Crippen LogP contribution in [0.25, 0.3) is 0 Å². The lowest BCUT2D eigenvalue weighted by Crippen LogP contribution is -2.08. The Labute approximate surface area is 104 Å². The molecule has 0 unspecified atom stereocenters. The number of unbranched alkanes of at least 4 members (excludes halogenated alkanes) is 3. The average molecular weight is 251 g/mol. The van der Waals surface area contributed by atoms with E-state index in [-0.39, 0.29) is 0 Å². The van der Waals surface area contributed by atoms with Crippen LogP contribution in [0.4, 0.5) is 0 Å². The summed E-state index contributed by atoms with van der Waals surface area (Å²) in [6.45, 7) is 6.68. The maximum absolute atomic E-state index is 5.57. The molecule has 0 fully saturated rings. The van der Waals surface area contributed by atoms with E-state index in [0.717, 1.165) is 25.3 Å². The molecule has 0 aromatic heterocycles. The predicted molar refractivity (Wildman–Crippen MR) is 67.0 cm³/mol. The van der Waals surface area contributed by atoms with E-state index in [2.05, 4.69) is 6.58 Å². The van der Waals surface area contributed by atoms with Gasteiger partial charge in [-0.05, 0) is 12.8 Å². The van der Waals surface area contributed by atoms with Crippen LogP contribution in [0.15, 0.2) is 12.8 Å². The molecule has 0 N–H and O–H groups in total. The monoisotopic (exact) mass is 250 g/mol. The summed E-state index contributed by atoms with van der Waals surface area (Å²) in [6.07, 6.45) is 6.02. The molecule has 0 aliphatic rings. The molecule has 0 spiro atoms. The Bertz CT molecular complexity index is 142. The maximum Gasteiger partial charge on any atom is 0.111 e. The van der Waals surface area contributed by atoms with Crippen LogP contribution < -0.4 is 0 Å². The molecule has 0 aromatic rings. The van der Waals surface area contributed by atoms with E-state index in [1.165, 1.54) is 19.1 Å². The van der Waals surface area contributed by atoms with Gasteiger partial charge in [0.2, 0.25) is 0 Å². The third kappa shape index (κ3) is 13.8. The standard InChI is InChI=1S/C12H23ClO3/c1-2-14-9-10-16-12-11-15-8-6-4-3-5-7-13/h2H,1,3-12H2. The molecule has 0 aliphatic carbocycles. The molecular formula is C12H23ClO3. The third-order valence-corrected chi connectivity index (χ3v) is 2.27. The minimum Gasteiger partial charge on any atom is -0.499 e. The minimum atomic E-state index is 0.557. The van der Waals surface area contributed by atoms with Crippen molar-refractivity contribution in [2.75, 3.05) is 38.9 Å². The molecule has 0 saturated carbocycles. The highest BCUT2D eigenvalue weighted by Crippen LogP contribution is 2.00. The fourth-order valence-corrected chi connectivity index (χ4v) is 1.35. The largest absolute Gasteiger partial charge is 0.499 e. The van der Waals surface area contributed by atoms with Crippen LogP contribution in [0.2, 0.25) is 0 Å². The zero-order valence-electron chi connectivity index (χ0n) is 9.96. The van der Waals surface area contributed by atoms with Crippen molar-refractivity contribution >= 4 is 11.6 Å². The van der Waals surface area contributed by atoms with Crippen molar-refractivity contribution in [1.82, 2.24) is 0 Å². The molecular weight excluding hydrogens is 228 g/mol. The van der Waals surface area contributed by atoms with Gasteiger partial charge in [0.1, 0.15) is 6.61 Å². The van der Waals surface area contributed by atoms with Crippen LogP contribution >= 0.6 is 11.6 Å². The van der Waals surface area contributed by atoms with Crippen LogP contribution in [0, 0.1) is 0 Å². The summed E-state index contributed by atoms with van der Waals surface area (Å²) in [5.74, 6) is 0.765. The van der Waals surface area contributed by atoms with E-state index in [1.54, 1.807) is 0 Å². The molecule has 0 amide bonds. The lowest BCUT2D eigenvalue weighted by Gasteiger charge is -2.05. The van der Waals surface area contributed by atoms with Crippen molar-refractivity contribution in [3.05, 3.63) is 12.8 Å². The molecule has 0 saturated heterocycles. The van der Waals surface area contributed by atoms with Crippen LogP contribution in [0.5, 0.6) is 0 Å². The molecule has 0 rings (SSSR count). The summed E-state index contributed by atoms with van der Waals surface area (Å²) in [4.78, 5) is 0. The number of ether oxygens (including phenoxy) is 3. The average Bonchev–Trinajstić information content (AvgIpc) is 2.31. The van der Waals surface area contributed by atoms with E-state index < -0.39 is 0 Å². The first-order chi connectivity index (χ1) is 7.91. The lowest BCUT2D eigenvalue weighted by atomic mass is 10.2. The molecule has 0 heterocycles. The normalized spacial score (nSPS) is 10.3. The highest BCUT2D eigenvalue weighted by atomic mass is 35.5. The van der Waals surface area contributed by atoms with Crippen LogP contribution in [0.1, 0.15) is 25.7 Å². The number of hydrogen-bond donors (Lipinski definition) is 0. The van der Waals surface area contributed by atoms with Gasteiger partial charge < -0.3 is 14.2 Å². The first kappa shape index (κ1) is 15.8. The van der Waals surface area contributed by atoms with E-state index in [1.807, 2.05) is 0 Å². The zero-order valence-corrected chi connectivity index (χ0v) is 10.7. The fraction of sp³-hybridized carbons (Fsp3) is 0.833. The van der Waals surface area contributed by atoms with Crippen LogP contribution in [-0.4, -0.2) is 38.9 Å². The van der Waals surface area contributed by atoms with Crippen molar-refractivity contribution < 1.29 is 14.2 Å². The van der Waals surface area contributed by atoms with Crippen molar-refractivity contribution in [1.29, 1.82) is 0 Å². The quantitative estimate of drug-likeness (QED) is 0.286. The molecule has 0 bridgehead atoms. The fourth-order valence-electron chi connectivity index (χ4n) is 1.16. The predicted octanol–water partition coefficient (Wildman–Crippen LogP) is 2.98. The first-order valence-electron chi connectivity index (χ1n) is 5.85. The van der Waals surface area contributed by atoms with E-state index in [4.69, 9.17) is 25.8 Å². The zero-order chi connectivity index (χ0) is 11.9. The summed E-state index contributed by atoms with van der Waals surface area (Å²) >= 11 is 5.57. The Morgan fingerprint density at radius 1 is 0.812 bits per heavy atom.